The Morgan fingerprint density at radius 2 is 1.48 bits per heavy atom. The van der Waals surface area contributed by atoms with E-state index in [1.807, 2.05) is 0 Å². The number of carbonyl (C=O) groups excluding carboxylic acids is 3. The monoisotopic (exact) mass is 375 g/mol. The van der Waals surface area contributed by atoms with Crippen LogP contribution in [0.2, 0.25) is 0 Å². The van der Waals surface area contributed by atoms with Gasteiger partial charge in [0.25, 0.3) is 11.8 Å². The van der Waals surface area contributed by atoms with Crippen LogP contribution in [-0.2, 0) is 4.79 Å². The number of hydrogen-bond donors (Lipinski definition) is 3. The van der Waals surface area contributed by atoms with Crippen LogP contribution in [0.4, 0.5) is 5.69 Å². The summed E-state index contributed by atoms with van der Waals surface area (Å²) in [5, 5.41) is 2.59. The molecular formula is C16H14BrN3O3. The van der Waals surface area contributed by atoms with Gasteiger partial charge in [0, 0.05) is 28.2 Å². The lowest BCUT2D eigenvalue weighted by Crippen LogP contribution is -2.41. The average Bonchev–Trinajstić information content (AvgIpc) is 2.52. The van der Waals surface area contributed by atoms with Crippen molar-refractivity contribution in [2.45, 2.75) is 6.92 Å². The molecule has 6 nitrogen and oxygen atoms in total. The third-order valence-electron chi connectivity index (χ3n) is 2.84. The van der Waals surface area contributed by atoms with E-state index in [0.29, 0.717) is 16.8 Å². The van der Waals surface area contributed by atoms with Crippen LogP contribution < -0.4 is 16.2 Å². The standard InChI is InChI=1S/C16H14BrN3O3/c1-10(21)18-14-4-2-3-12(9-14)16(23)20-19-15(22)11-5-7-13(17)8-6-11/h2-9H,1H3,(H,18,21)(H,19,22)(H,20,23). The summed E-state index contributed by atoms with van der Waals surface area (Å²) in [6.07, 6.45) is 0. The van der Waals surface area contributed by atoms with Gasteiger partial charge in [-0.1, -0.05) is 22.0 Å². The molecule has 0 aromatic heterocycles. The maximum atomic E-state index is 12.0. The number of amides is 3. The molecule has 0 saturated heterocycles. The molecule has 0 unspecified atom stereocenters. The average molecular weight is 376 g/mol. The Balaban J connectivity index is 1.98. The first-order chi connectivity index (χ1) is 11.0. The maximum Gasteiger partial charge on any atom is 0.269 e. The molecule has 0 spiro atoms. The SMILES string of the molecule is CC(=O)Nc1cccc(C(=O)NNC(=O)c2ccc(Br)cc2)c1. The molecule has 0 aliphatic rings. The van der Waals surface area contributed by atoms with Crippen LogP contribution in [0.3, 0.4) is 0 Å². The summed E-state index contributed by atoms with van der Waals surface area (Å²) in [7, 11) is 0. The molecule has 118 valence electrons. The summed E-state index contributed by atoms with van der Waals surface area (Å²) in [6, 6.07) is 13.1. The van der Waals surface area contributed by atoms with Gasteiger partial charge in [-0.05, 0) is 42.5 Å². The molecule has 0 saturated carbocycles. The largest absolute Gasteiger partial charge is 0.326 e. The summed E-state index contributed by atoms with van der Waals surface area (Å²) < 4.78 is 0.855. The van der Waals surface area contributed by atoms with Gasteiger partial charge in [0.2, 0.25) is 5.91 Å². The fourth-order valence-corrected chi connectivity index (χ4v) is 2.06. The van der Waals surface area contributed by atoms with E-state index in [1.165, 1.54) is 13.0 Å². The topological polar surface area (TPSA) is 87.3 Å². The van der Waals surface area contributed by atoms with E-state index in [-0.39, 0.29) is 5.91 Å². The number of hydrazine groups is 1. The highest BCUT2D eigenvalue weighted by Crippen LogP contribution is 2.11. The molecule has 3 N–H and O–H groups in total. The molecule has 0 atom stereocenters. The summed E-state index contributed by atoms with van der Waals surface area (Å²) in [6.45, 7) is 1.38. The summed E-state index contributed by atoms with van der Waals surface area (Å²) in [5.41, 5.74) is 5.90. The van der Waals surface area contributed by atoms with Crippen molar-refractivity contribution in [3.63, 3.8) is 0 Å². The zero-order chi connectivity index (χ0) is 16.8. The normalized spacial score (nSPS) is 9.83. The highest BCUT2D eigenvalue weighted by atomic mass is 79.9. The van der Waals surface area contributed by atoms with Crippen molar-refractivity contribution in [1.82, 2.24) is 10.9 Å². The van der Waals surface area contributed by atoms with Crippen LogP contribution in [0.1, 0.15) is 27.6 Å². The molecule has 2 aromatic rings. The van der Waals surface area contributed by atoms with Gasteiger partial charge in [0.15, 0.2) is 0 Å². The molecule has 0 radical (unpaired) electrons. The Labute approximate surface area is 141 Å². The Bertz CT molecular complexity index is 744. The predicted molar refractivity (Wildman–Crippen MR) is 89.8 cm³/mol. The van der Waals surface area contributed by atoms with Crippen molar-refractivity contribution in [1.29, 1.82) is 0 Å². The van der Waals surface area contributed by atoms with E-state index in [1.54, 1.807) is 42.5 Å². The molecule has 0 aliphatic carbocycles. The summed E-state index contributed by atoms with van der Waals surface area (Å²) in [5.74, 6) is -1.14. The van der Waals surface area contributed by atoms with Crippen LogP contribution in [-0.4, -0.2) is 17.7 Å². The second-order valence-electron chi connectivity index (χ2n) is 4.68. The van der Waals surface area contributed by atoms with Crippen LogP contribution in [0.25, 0.3) is 0 Å². The van der Waals surface area contributed by atoms with Crippen LogP contribution in [0, 0.1) is 0 Å². The molecule has 0 heterocycles. The van der Waals surface area contributed by atoms with Crippen LogP contribution in [0.15, 0.2) is 53.0 Å². The quantitative estimate of drug-likeness (QED) is 0.720. The molecule has 0 bridgehead atoms. The van der Waals surface area contributed by atoms with Gasteiger partial charge in [0.05, 0.1) is 0 Å². The van der Waals surface area contributed by atoms with Crippen molar-refractivity contribution >= 4 is 39.3 Å². The van der Waals surface area contributed by atoms with Crippen molar-refractivity contribution < 1.29 is 14.4 Å². The molecule has 7 heteroatoms. The van der Waals surface area contributed by atoms with Crippen molar-refractivity contribution in [3.05, 3.63) is 64.1 Å². The molecule has 3 amide bonds. The summed E-state index contributed by atoms with van der Waals surface area (Å²) >= 11 is 3.28. The predicted octanol–water partition coefficient (Wildman–Crippen LogP) is 2.48. The van der Waals surface area contributed by atoms with Gasteiger partial charge in [-0.3, -0.25) is 25.2 Å². The minimum atomic E-state index is -0.484. The lowest BCUT2D eigenvalue weighted by atomic mass is 10.2. The van der Waals surface area contributed by atoms with E-state index in [2.05, 4.69) is 32.1 Å². The number of rotatable bonds is 3. The van der Waals surface area contributed by atoms with Gasteiger partial charge in [-0.15, -0.1) is 0 Å². The molecule has 0 aliphatic heterocycles. The van der Waals surface area contributed by atoms with Crippen molar-refractivity contribution in [3.8, 4) is 0 Å². The second kappa shape index (κ2) is 7.55. The lowest BCUT2D eigenvalue weighted by Gasteiger charge is -2.09. The van der Waals surface area contributed by atoms with Gasteiger partial charge in [-0.25, -0.2) is 0 Å². The fraction of sp³-hybridized carbons (Fsp3) is 0.0625. The number of carbonyl (C=O) groups is 3. The number of anilines is 1. The molecule has 0 fully saturated rings. The third kappa shape index (κ3) is 4.93. The van der Waals surface area contributed by atoms with E-state index >= 15 is 0 Å². The number of benzene rings is 2. The first-order valence-electron chi connectivity index (χ1n) is 6.69. The Hall–Kier alpha value is -2.67. The highest BCUT2D eigenvalue weighted by molar-refractivity contribution is 9.10. The molecule has 2 aromatic carbocycles. The van der Waals surface area contributed by atoms with Gasteiger partial charge < -0.3 is 5.32 Å². The zero-order valence-corrected chi connectivity index (χ0v) is 13.8. The Kier molecular flexibility index (Phi) is 5.48. The van der Waals surface area contributed by atoms with Gasteiger partial charge in [0.1, 0.15) is 0 Å². The smallest absolute Gasteiger partial charge is 0.269 e. The lowest BCUT2D eigenvalue weighted by molar-refractivity contribution is -0.114. The molecular weight excluding hydrogens is 362 g/mol. The van der Waals surface area contributed by atoms with Gasteiger partial charge >= 0.3 is 0 Å². The first-order valence-corrected chi connectivity index (χ1v) is 7.49. The van der Waals surface area contributed by atoms with Crippen LogP contribution >= 0.6 is 15.9 Å². The van der Waals surface area contributed by atoms with E-state index in [0.717, 1.165) is 4.47 Å². The minimum absolute atomic E-state index is 0.230. The zero-order valence-electron chi connectivity index (χ0n) is 12.2. The molecule has 2 rings (SSSR count). The van der Waals surface area contributed by atoms with E-state index < -0.39 is 11.8 Å². The van der Waals surface area contributed by atoms with Crippen LogP contribution in [0.5, 0.6) is 0 Å². The highest BCUT2D eigenvalue weighted by Gasteiger charge is 2.09. The number of halogens is 1. The fourth-order valence-electron chi connectivity index (χ4n) is 1.80. The second-order valence-corrected chi connectivity index (χ2v) is 5.59. The van der Waals surface area contributed by atoms with E-state index in [9.17, 15) is 14.4 Å². The molecule has 23 heavy (non-hydrogen) atoms. The summed E-state index contributed by atoms with van der Waals surface area (Å²) in [4.78, 5) is 35.0. The van der Waals surface area contributed by atoms with Gasteiger partial charge in [-0.2, -0.15) is 0 Å². The minimum Gasteiger partial charge on any atom is -0.326 e. The van der Waals surface area contributed by atoms with E-state index in [4.69, 9.17) is 0 Å². The maximum absolute atomic E-state index is 12.0. The first kappa shape index (κ1) is 16.7. The third-order valence-corrected chi connectivity index (χ3v) is 3.37. The number of hydrogen-bond acceptors (Lipinski definition) is 3. The Morgan fingerprint density at radius 1 is 0.870 bits per heavy atom. The van der Waals surface area contributed by atoms with Crippen molar-refractivity contribution in [2.24, 2.45) is 0 Å². The number of nitrogens with one attached hydrogen (secondary N) is 3. The Morgan fingerprint density at radius 3 is 2.09 bits per heavy atom. The van der Waals surface area contributed by atoms with Crippen molar-refractivity contribution in [2.75, 3.05) is 5.32 Å².